The van der Waals surface area contributed by atoms with Crippen molar-refractivity contribution in [2.75, 3.05) is 33.0 Å². The molecule has 2 aliphatic heterocycles. The molecule has 8 heteroatoms. The molecule has 2 aliphatic rings. The van der Waals surface area contributed by atoms with Gasteiger partial charge in [0.1, 0.15) is 5.75 Å². The largest absolute Gasteiger partial charge is 0.427 e. The van der Waals surface area contributed by atoms with E-state index in [-0.39, 0.29) is 5.41 Å². The number of benzene rings is 1. The van der Waals surface area contributed by atoms with Gasteiger partial charge in [-0.3, -0.25) is 0 Å². The number of para-hydroxylation sites is 1. The Kier molecular flexibility index (Phi) is 10.1. The van der Waals surface area contributed by atoms with Crippen molar-refractivity contribution in [2.45, 2.75) is 52.4 Å². The minimum absolute atomic E-state index is 0.266. The molecule has 2 heterocycles. The molecular weight excluding hydrogens is 410 g/mol. The molecule has 0 N–H and O–H groups in total. The Hall–Kier alpha value is -0.320. The molecule has 0 saturated carbocycles. The Morgan fingerprint density at radius 1 is 0.828 bits per heavy atom. The van der Waals surface area contributed by atoms with Crippen LogP contribution in [-0.2, 0) is 22.6 Å². The summed E-state index contributed by atoms with van der Waals surface area (Å²) in [6.07, 6.45) is 7.53. The first-order valence-corrected chi connectivity index (χ1v) is 12.8. The summed E-state index contributed by atoms with van der Waals surface area (Å²) in [7, 11) is -2.62. The van der Waals surface area contributed by atoms with Gasteiger partial charge in [-0.25, -0.2) is 0 Å². The van der Waals surface area contributed by atoms with Gasteiger partial charge in [0.2, 0.25) is 0 Å². The van der Waals surface area contributed by atoms with Crippen LogP contribution in [0.5, 0.6) is 5.75 Å². The fourth-order valence-electron chi connectivity index (χ4n) is 3.10. The van der Waals surface area contributed by atoms with Gasteiger partial charge in [0.25, 0.3) is 0 Å². The van der Waals surface area contributed by atoms with Crippen molar-refractivity contribution in [2.24, 2.45) is 11.3 Å². The van der Waals surface area contributed by atoms with Crippen LogP contribution >= 0.6 is 17.2 Å². The van der Waals surface area contributed by atoms with Crippen molar-refractivity contribution in [1.82, 2.24) is 0 Å². The molecule has 29 heavy (non-hydrogen) atoms. The zero-order valence-electron chi connectivity index (χ0n) is 17.6. The maximum Gasteiger partial charge on any atom is 0.397 e. The highest BCUT2D eigenvalue weighted by Gasteiger charge is 2.44. The molecule has 0 atom stereocenters. The van der Waals surface area contributed by atoms with E-state index < -0.39 is 17.2 Å². The second kappa shape index (κ2) is 12.5. The summed E-state index contributed by atoms with van der Waals surface area (Å²) in [5, 5.41) is 0. The molecule has 6 nitrogen and oxygen atoms in total. The van der Waals surface area contributed by atoms with Crippen LogP contribution < -0.4 is 4.52 Å². The number of hydrogen-bond acceptors (Lipinski definition) is 6. The third-order valence-corrected chi connectivity index (χ3v) is 7.06. The molecule has 0 bridgehead atoms. The standard InChI is InChI=1S/C21H34O6P2/c1-19(2)11-7-4-3-5-10-14-22-28-23-15-21(16-24-28)17-25-29(26-18-21)27-20-12-8-6-9-13-20/h6,8-9,12-13,19H,3-5,7,10-11,14-18H2,1-2H3. The van der Waals surface area contributed by atoms with Crippen LogP contribution in [-0.4, -0.2) is 33.0 Å². The van der Waals surface area contributed by atoms with Crippen molar-refractivity contribution in [3.05, 3.63) is 30.3 Å². The first kappa shape index (κ1) is 23.3. The lowest BCUT2D eigenvalue weighted by atomic mass is 9.93. The smallest absolute Gasteiger partial charge is 0.397 e. The highest BCUT2D eigenvalue weighted by molar-refractivity contribution is 7.42. The molecule has 0 aliphatic carbocycles. The molecule has 0 unspecified atom stereocenters. The minimum atomic E-state index is -1.37. The van der Waals surface area contributed by atoms with Crippen molar-refractivity contribution in [3.8, 4) is 5.75 Å². The monoisotopic (exact) mass is 444 g/mol. The Bertz CT molecular complexity index is 556. The van der Waals surface area contributed by atoms with Gasteiger partial charge in [0, 0.05) is 0 Å². The van der Waals surface area contributed by atoms with Gasteiger partial charge in [-0.1, -0.05) is 64.2 Å². The average molecular weight is 444 g/mol. The number of unbranched alkanes of at least 4 members (excludes halogenated alkanes) is 4. The van der Waals surface area contributed by atoms with E-state index in [1.54, 1.807) is 0 Å². The molecule has 1 spiro atoms. The van der Waals surface area contributed by atoms with Crippen LogP contribution in [0.4, 0.5) is 0 Å². The topological polar surface area (TPSA) is 55.4 Å². The van der Waals surface area contributed by atoms with Crippen LogP contribution in [0.3, 0.4) is 0 Å². The van der Waals surface area contributed by atoms with Crippen LogP contribution in [0.15, 0.2) is 30.3 Å². The lowest BCUT2D eigenvalue weighted by molar-refractivity contribution is -0.0718. The lowest BCUT2D eigenvalue weighted by Gasteiger charge is -2.41. The maximum atomic E-state index is 5.82. The summed E-state index contributed by atoms with van der Waals surface area (Å²) in [6.45, 7) is 7.34. The molecule has 0 aromatic heterocycles. The van der Waals surface area contributed by atoms with Gasteiger partial charge in [-0.2, -0.15) is 0 Å². The number of hydrogen-bond donors (Lipinski definition) is 0. The molecular formula is C21H34O6P2. The molecule has 2 saturated heterocycles. The number of rotatable bonds is 11. The molecule has 3 rings (SSSR count). The van der Waals surface area contributed by atoms with Crippen LogP contribution in [0, 0.1) is 11.3 Å². The molecule has 1 aromatic rings. The van der Waals surface area contributed by atoms with Crippen molar-refractivity contribution in [1.29, 1.82) is 0 Å². The zero-order chi connectivity index (χ0) is 20.4. The summed E-state index contributed by atoms with van der Waals surface area (Å²) in [5.41, 5.74) is -0.266. The van der Waals surface area contributed by atoms with Gasteiger partial charge in [-0.15, -0.1) is 0 Å². The Balaban J connectivity index is 1.23. The highest BCUT2D eigenvalue weighted by Crippen LogP contribution is 2.52. The van der Waals surface area contributed by atoms with E-state index in [0.29, 0.717) is 33.0 Å². The van der Waals surface area contributed by atoms with Gasteiger partial charge >= 0.3 is 17.2 Å². The first-order chi connectivity index (χ1) is 14.2. The normalized spacial score (nSPS) is 27.4. The second-order valence-electron chi connectivity index (χ2n) is 8.23. The SMILES string of the molecule is CC(C)CCCCCCCOP1OCC2(CO1)COP(Oc1ccccc1)OC2. The van der Waals surface area contributed by atoms with Gasteiger partial charge in [0.15, 0.2) is 0 Å². The van der Waals surface area contributed by atoms with Crippen molar-refractivity contribution < 1.29 is 27.1 Å². The highest BCUT2D eigenvalue weighted by atomic mass is 31.2. The van der Waals surface area contributed by atoms with E-state index in [9.17, 15) is 0 Å². The van der Waals surface area contributed by atoms with Crippen molar-refractivity contribution >= 4 is 17.2 Å². The van der Waals surface area contributed by atoms with E-state index in [2.05, 4.69) is 13.8 Å². The van der Waals surface area contributed by atoms with Crippen molar-refractivity contribution in [3.63, 3.8) is 0 Å². The summed E-state index contributed by atoms with van der Waals surface area (Å²) < 4.78 is 34.8. The van der Waals surface area contributed by atoms with E-state index in [0.717, 1.165) is 18.1 Å². The average Bonchev–Trinajstić information content (AvgIpc) is 2.74. The first-order valence-electron chi connectivity index (χ1n) is 10.6. The van der Waals surface area contributed by atoms with E-state index in [4.69, 9.17) is 27.1 Å². The van der Waals surface area contributed by atoms with Gasteiger partial charge < -0.3 is 27.1 Å². The minimum Gasteiger partial charge on any atom is -0.427 e. The molecule has 0 amide bonds. The fourth-order valence-corrected chi connectivity index (χ4v) is 5.59. The predicted molar refractivity (Wildman–Crippen MR) is 116 cm³/mol. The lowest BCUT2D eigenvalue weighted by Crippen LogP contribution is -2.45. The third-order valence-electron chi connectivity index (χ3n) is 4.95. The van der Waals surface area contributed by atoms with E-state index in [1.807, 2.05) is 30.3 Å². The van der Waals surface area contributed by atoms with Crippen LogP contribution in [0.2, 0.25) is 0 Å². The van der Waals surface area contributed by atoms with Gasteiger partial charge in [0.05, 0.1) is 38.4 Å². The maximum absolute atomic E-state index is 5.82. The van der Waals surface area contributed by atoms with Gasteiger partial charge in [-0.05, 0) is 24.5 Å². The predicted octanol–water partition coefficient (Wildman–Crippen LogP) is 6.61. The Morgan fingerprint density at radius 3 is 2.07 bits per heavy atom. The van der Waals surface area contributed by atoms with Crippen LogP contribution in [0.1, 0.15) is 52.4 Å². The van der Waals surface area contributed by atoms with Crippen LogP contribution in [0.25, 0.3) is 0 Å². The fraction of sp³-hybridized carbons (Fsp3) is 0.714. The zero-order valence-corrected chi connectivity index (χ0v) is 19.4. The summed E-state index contributed by atoms with van der Waals surface area (Å²) in [5.74, 6) is 1.57. The third kappa shape index (κ3) is 8.38. The Morgan fingerprint density at radius 2 is 1.41 bits per heavy atom. The second-order valence-corrected chi connectivity index (χ2v) is 10.6. The molecule has 164 valence electrons. The van der Waals surface area contributed by atoms with E-state index >= 15 is 0 Å². The Labute approximate surface area is 177 Å². The summed E-state index contributed by atoms with van der Waals surface area (Å²) >= 11 is 0. The summed E-state index contributed by atoms with van der Waals surface area (Å²) in [4.78, 5) is 0. The quantitative estimate of drug-likeness (QED) is 0.283. The molecule has 2 fully saturated rings. The van der Waals surface area contributed by atoms with E-state index in [1.165, 1.54) is 32.1 Å². The molecule has 0 radical (unpaired) electrons. The molecule has 1 aromatic carbocycles. The summed E-state index contributed by atoms with van der Waals surface area (Å²) in [6, 6.07) is 9.58.